The fourth-order valence-electron chi connectivity index (χ4n) is 4.68. The van der Waals surface area contributed by atoms with Gasteiger partial charge in [0.15, 0.2) is 11.0 Å². The quantitative estimate of drug-likeness (QED) is 0.615. The van der Waals surface area contributed by atoms with Gasteiger partial charge in [0, 0.05) is 31.6 Å². The summed E-state index contributed by atoms with van der Waals surface area (Å²) in [6, 6.07) is 0.0989. The van der Waals surface area contributed by atoms with E-state index in [9.17, 15) is 4.39 Å². The van der Waals surface area contributed by atoms with Crippen molar-refractivity contribution in [2.75, 3.05) is 70.7 Å². The third-order valence-corrected chi connectivity index (χ3v) is 6.96. The molecule has 3 fully saturated rings. The van der Waals surface area contributed by atoms with Crippen LogP contribution in [0.3, 0.4) is 0 Å². The van der Waals surface area contributed by atoms with Crippen molar-refractivity contribution in [1.29, 1.82) is 0 Å². The number of nitrogens with zero attached hydrogens (tertiary/aromatic N) is 5. The van der Waals surface area contributed by atoms with E-state index < -0.39 is 5.82 Å². The molecule has 0 amide bonds. The lowest BCUT2D eigenvalue weighted by Gasteiger charge is -2.34. The van der Waals surface area contributed by atoms with Gasteiger partial charge in [-0.2, -0.15) is 15.0 Å². The Bertz CT molecular complexity index is 1030. The van der Waals surface area contributed by atoms with Crippen LogP contribution in [0.1, 0.15) is 12.8 Å². The van der Waals surface area contributed by atoms with Crippen LogP contribution < -0.4 is 14.4 Å². The van der Waals surface area contributed by atoms with Crippen LogP contribution in [0.15, 0.2) is 0 Å². The summed E-state index contributed by atoms with van der Waals surface area (Å²) >= 11 is 6.05. The van der Waals surface area contributed by atoms with Crippen molar-refractivity contribution < 1.29 is 23.3 Å². The number of hydrogen-bond acceptors (Lipinski definition) is 9. The monoisotopic (exact) mass is 465 g/mol. The maximum absolute atomic E-state index is 15.0. The molecule has 1 saturated carbocycles. The molecular formula is C21H25ClFN5O4. The van der Waals surface area contributed by atoms with Crippen LogP contribution in [-0.4, -0.2) is 91.7 Å². The van der Waals surface area contributed by atoms with Crippen molar-refractivity contribution in [1.82, 2.24) is 19.9 Å². The van der Waals surface area contributed by atoms with Gasteiger partial charge in [-0.1, -0.05) is 11.6 Å². The predicted octanol–water partition coefficient (Wildman–Crippen LogP) is 1.91. The highest BCUT2D eigenvalue weighted by atomic mass is 35.5. The van der Waals surface area contributed by atoms with Gasteiger partial charge >= 0.3 is 6.01 Å². The van der Waals surface area contributed by atoms with Crippen LogP contribution in [0.2, 0.25) is 5.15 Å². The number of fused-ring (bicyclic) bond motifs is 2. The molecule has 3 aliphatic heterocycles. The van der Waals surface area contributed by atoms with Crippen LogP contribution in [0, 0.1) is 11.2 Å². The molecular weight excluding hydrogens is 441 g/mol. The zero-order valence-electron chi connectivity index (χ0n) is 17.7. The standard InChI is InChI=1S/C21H25ClFN5O4/c22-17-15(23)16-14-18(28-5-8-30-9-13(28)10-31-19(14)25-17)26-20(24-16)32-12-21(1-2-21)11-27-3-6-29-7-4-27/h13H,1-12H2/t13-/m0/s1. The van der Waals surface area contributed by atoms with Crippen LogP contribution in [-0.2, 0) is 9.47 Å². The molecule has 0 spiro atoms. The zero-order valence-corrected chi connectivity index (χ0v) is 18.4. The topological polar surface area (TPSA) is 82.1 Å². The average molecular weight is 466 g/mol. The van der Waals surface area contributed by atoms with Crippen LogP contribution in [0.5, 0.6) is 11.9 Å². The molecule has 1 aliphatic carbocycles. The zero-order chi connectivity index (χ0) is 21.7. The smallest absolute Gasteiger partial charge is 0.319 e. The largest absolute Gasteiger partial charge is 0.475 e. The first kappa shape index (κ1) is 20.6. The van der Waals surface area contributed by atoms with Crippen molar-refractivity contribution in [3.05, 3.63) is 11.0 Å². The third kappa shape index (κ3) is 3.72. The number of morpholine rings is 2. The van der Waals surface area contributed by atoms with Crippen molar-refractivity contribution in [2.24, 2.45) is 5.41 Å². The molecule has 0 bridgehead atoms. The lowest BCUT2D eigenvalue weighted by atomic mass is 10.1. The minimum Gasteiger partial charge on any atom is -0.475 e. The molecule has 1 atom stereocenters. The Morgan fingerprint density at radius 3 is 2.69 bits per heavy atom. The summed E-state index contributed by atoms with van der Waals surface area (Å²) in [5, 5.41) is 0.156. The Morgan fingerprint density at radius 2 is 1.88 bits per heavy atom. The average Bonchev–Trinajstić information content (AvgIpc) is 3.60. The van der Waals surface area contributed by atoms with E-state index in [1.807, 2.05) is 0 Å². The fraction of sp³-hybridized carbons (Fsp3) is 0.667. The highest BCUT2D eigenvalue weighted by molar-refractivity contribution is 6.30. The highest BCUT2D eigenvalue weighted by Gasteiger charge is 2.45. The summed E-state index contributed by atoms with van der Waals surface area (Å²) in [6.45, 7) is 6.89. The summed E-state index contributed by atoms with van der Waals surface area (Å²) in [6.07, 6.45) is 2.19. The van der Waals surface area contributed by atoms with Gasteiger partial charge in [-0.25, -0.2) is 4.39 Å². The Morgan fingerprint density at radius 1 is 1.06 bits per heavy atom. The second kappa shape index (κ2) is 8.09. The molecule has 0 N–H and O–H groups in total. The summed E-state index contributed by atoms with van der Waals surface area (Å²) in [5.41, 5.74) is 0.165. The molecule has 0 unspecified atom stereocenters. The SMILES string of the molecule is Fc1c(Cl)nc2c3c(nc(OCC4(CN5CCOCC5)CC4)nc13)N1CCOC[C@H]1CO2. The first-order chi connectivity index (χ1) is 15.6. The van der Waals surface area contributed by atoms with Crippen LogP contribution in [0.25, 0.3) is 10.9 Å². The number of pyridine rings is 1. The second-order valence-corrected chi connectivity index (χ2v) is 9.34. The first-order valence-corrected chi connectivity index (χ1v) is 11.5. The molecule has 11 heteroatoms. The van der Waals surface area contributed by atoms with Gasteiger partial charge < -0.3 is 23.8 Å². The van der Waals surface area contributed by atoms with E-state index >= 15 is 0 Å². The van der Waals surface area contributed by atoms with Gasteiger partial charge in [-0.3, -0.25) is 4.90 Å². The van der Waals surface area contributed by atoms with E-state index in [4.69, 9.17) is 35.5 Å². The molecule has 0 aromatic carbocycles. The van der Waals surface area contributed by atoms with Gasteiger partial charge in [0.1, 0.15) is 23.3 Å². The Labute approximate surface area is 189 Å². The number of anilines is 1. The minimum absolute atomic E-state index is 0.0539. The predicted molar refractivity (Wildman–Crippen MR) is 114 cm³/mol. The molecule has 4 aliphatic rings. The highest BCUT2D eigenvalue weighted by Crippen LogP contribution is 2.47. The van der Waals surface area contributed by atoms with Crippen molar-refractivity contribution in [3.8, 4) is 11.9 Å². The number of halogens is 2. The Kier molecular flexibility index (Phi) is 5.20. The molecule has 32 heavy (non-hydrogen) atoms. The lowest BCUT2D eigenvalue weighted by molar-refractivity contribution is 0.0231. The fourth-order valence-corrected chi connectivity index (χ4v) is 4.84. The van der Waals surface area contributed by atoms with Gasteiger partial charge in [-0.05, 0) is 12.8 Å². The van der Waals surface area contributed by atoms with Crippen LogP contribution in [0.4, 0.5) is 10.2 Å². The maximum Gasteiger partial charge on any atom is 0.319 e. The molecule has 9 nitrogen and oxygen atoms in total. The first-order valence-electron chi connectivity index (χ1n) is 11.1. The lowest BCUT2D eigenvalue weighted by Crippen LogP contribution is -2.48. The van der Waals surface area contributed by atoms with Crippen molar-refractivity contribution in [2.45, 2.75) is 18.9 Å². The van der Waals surface area contributed by atoms with E-state index in [1.54, 1.807) is 0 Å². The number of rotatable bonds is 5. The Balaban J connectivity index is 1.32. The van der Waals surface area contributed by atoms with E-state index in [1.165, 1.54) is 0 Å². The molecule has 5 heterocycles. The van der Waals surface area contributed by atoms with Crippen LogP contribution >= 0.6 is 11.6 Å². The van der Waals surface area contributed by atoms with Gasteiger partial charge in [0.25, 0.3) is 0 Å². The molecule has 0 radical (unpaired) electrons. The molecule has 2 aromatic heterocycles. The van der Waals surface area contributed by atoms with Gasteiger partial charge in [-0.15, -0.1) is 0 Å². The van der Waals surface area contributed by atoms with Crippen molar-refractivity contribution >= 4 is 28.3 Å². The summed E-state index contributed by atoms with van der Waals surface area (Å²) < 4.78 is 38.0. The molecule has 2 saturated heterocycles. The van der Waals surface area contributed by atoms with Gasteiger partial charge in [0.05, 0.1) is 39.1 Å². The maximum atomic E-state index is 15.0. The summed E-state index contributed by atoms with van der Waals surface area (Å²) in [7, 11) is 0. The Hall–Kier alpha value is -2.01. The molecule has 6 rings (SSSR count). The van der Waals surface area contributed by atoms with Gasteiger partial charge in [0.2, 0.25) is 5.88 Å². The number of ether oxygens (including phenoxy) is 4. The summed E-state index contributed by atoms with van der Waals surface area (Å²) in [5.74, 6) is 0.115. The number of hydrogen-bond donors (Lipinski definition) is 0. The molecule has 172 valence electrons. The third-order valence-electron chi connectivity index (χ3n) is 6.71. The van der Waals surface area contributed by atoms with E-state index in [2.05, 4.69) is 19.8 Å². The summed E-state index contributed by atoms with van der Waals surface area (Å²) in [4.78, 5) is 17.7. The van der Waals surface area contributed by atoms with E-state index in [0.29, 0.717) is 44.2 Å². The second-order valence-electron chi connectivity index (χ2n) is 8.99. The molecule has 2 aromatic rings. The van der Waals surface area contributed by atoms with Crippen molar-refractivity contribution in [3.63, 3.8) is 0 Å². The minimum atomic E-state index is -0.691. The van der Waals surface area contributed by atoms with E-state index in [-0.39, 0.29) is 34.0 Å². The normalized spacial score (nSPS) is 24.6. The number of aromatic nitrogens is 3. The van der Waals surface area contributed by atoms with E-state index in [0.717, 1.165) is 45.7 Å².